The van der Waals surface area contributed by atoms with Gasteiger partial charge in [-0.15, -0.1) is 5.10 Å². The van der Waals surface area contributed by atoms with Crippen LogP contribution in [0, 0.1) is 0 Å². The summed E-state index contributed by atoms with van der Waals surface area (Å²) >= 11 is 12.2. The number of hydrazone groups is 1. The summed E-state index contributed by atoms with van der Waals surface area (Å²) in [6.07, 6.45) is 1.53. The molecule has 3 aromatic carbocycles. The first kappa shape index (κ1) is 24.5. The van der Waals surface area contributed by atoms with E-state index in [0.29, 0.717) is 28.2 Å². The van der Waals surface area contributed by atoms with Gasteiger partial charge >= 0.3 is 11.7 Å². The van der Waals surface area contributed by atoms with Crippen molar-refractivity contribution < 1.29 is 9.90 Å². The molecule has 1 aromatic heterocycles. The largest absolute Gasteiger partial charge is 0.481 e. The normalized spacial score (nSPS) is 18.2. The zero-order chi connectivity index (χ0) is 26.4. The Hall–Kier alpha value is -3.88. The van der Waals surface area contributed by atoms with Crippen LogP contribution in [0.3, 0.4) is 0 Å². The first-order valence-corrected chi connectivity index (χ1v) is 13.0. The average Bonchev–Trinajstić information content (AvgIpc) is 3.58. The molecule has 1 aliphatic carbocycles. The minimum atomic E-state index is -1.00. The molecule has 1 spiro atoms. The maximum absolute atomic E-state index is 13.5. The van der Waals surface area contributed by atoms with Crippen molar-refractivity contribution >= 4 is 40.8 Å². The number of benzene rings is 3. The Morgan fingerprint density at radius 3 is 2.37 bits per heavy atom. The van der Waals surface area contributed by atoms with Crippen LogP contribution >= 0.6 is 23.2 Å². The number of carboxylic acids is 1. The highest BCUT2D eigenvalue weighted by molar-refractivity contribution is 6.31. The Kier molecular flexibility index (Phi) is 6.08. The predicted molar refractivity (Wildman–Crippen MR) is 147 cm³/mol. The second-order valence-corrected chi connectivity index (χ2v) is 10.4. The van der Waals surface area contributed by atoms with Gasteiger partial charge in [-0.25, -0.2) is 9.80 Å². The number of hydrogen-bond donors (Lipinski definition) is 1. The fraction of sp³-hybridized carbons (Fsp3) is 0.214. The van der Waals surface area contributed by atoms with Crippen molar-refractivity contribution in [1.29, 1.82) is 0 Å². The van der Waals surface area contributed by atoms with E-state index in [2.05, 4.69) is 17.2 Å². The number of carbonyl (C=O) groups is 1. The Bertz CT molecular complexity index is 1630. The van der Waals surface area contributed by atoms with Crippen molar-refractivity contribution in [3.05, 3.63) is 110 Å². The molecule has 1 N–H and O–H groups in total. The quantitative estimate of drug-likeness (QED) is 0.369. The number of anilines is 1. The summed E-state index contributed by atoms with van der Waals surface area (Å²) < 4.78 is 2.64. The SMILES string of the molecule is O=C(O)CCn1c(N2CC3(CCc4ccccc43)C(c3ccc(Cl)cc3)=N2)nn(-c2ccc(Cl)cc2)c1=O. The van der Waals surface area contributed by atoms with E-state index < -0.39 is 17.1 Å². The molecule has 6 rings (SSSR count). The number of carboxylic acid groups (broad SMARTS) is 1. The topological polar surface area (TPSA) is 92.7 Å². The fourth-order valence-corrected chi connectivity index (χ4v) is 5.72. The molecule has 8 nitrogen and oxygen atoms in total. The molecule has 10 heteroatoms. The third-order valence-corrected chi connectivity index (χ3v) is 7.76. The van der Waals surface area contributed by atoms with E-state index in [0.717, 1.165) is 24.1 Å². The monoisotopic (exact) mass is 547 g/mol. The molecule has 1 unspecified atom stereocenters. The van der Waals surface area contributed by atoms with Gasteiger partial charge in [0.15, 0.2) is 0 Å². The smallest absolute Gasteiger partial charge is 0.352 e. The van der Waals surface area contributed by atoms with Crippen molar-refractivity contribution in [2.75, 3.05) is 11.6 Å². The van der Waals surface area contributed by atoms with Crippen molar-refractivity contribution in [2.24, 2.45) is 5.10 Å². The summed E-state index contributed by atoms with van der Waals surface area (Å²) in [5.41, 5.74) is 3.94. The second kappa shape index (κ2) is 9.45. The molecule has 4 aromatic rings. The molecule has 0 radical (unpaired) electrons. The van der Waals surface area contributed by atoms with Crippen LogP contribution < -0.4 is 10.7 Å². The molecular formula is C28H23Cl2N5O3. The van der Waals surface area contributed by atoms with Gasteiger partial charge in [0.25, 0.3) is 0 Å². The molecule has 0 bridgehead atoms. The molecule has 2 heterocycles. The van der Waals surface area contributed by atoms with Crippen molar-refractivity contribution in [3.8, 4) is 5.69 Å². The summed E-state index contributed by atoms with van der Waals surface area (Å²) in [5, 5.41) is 22.0. The molecule has 0 saturated heterocycles. The van der Waals surface area contributed by atoms with Crippen LogP contribution in [0.4, 0.5) is 5.95 Å². The second-order valence-electron chi connectivity index (χ2n) is 9.52. The first-order chi connectivity index (χ1) is 18.4. The highest BCUT2D eigenvalue weighted by atomic mass is 35.5. The molecule has 0 fully saturated rings. The van der Waals surface area contributed by atoms with Gasteiger partial charge in [-0.2, -0.15) is 9.78 Å². The van der Waals surface area contributed by atoms with E-state index in [1.54, 1.807) is 29.3 Å². The minimum Gasteiger partial charge on any atom is -0.481 e. The van der Waals surface area contributed by atoms with E-state index in [-0.39, 0.29) is 13.0 Å². The lowest BCUT2D eigenvalue weighted by atomic mass is 9.75. The van der Waals surface area contributed by atoms with E-state index in [1.807, 2.05) is 36.4 Å². The van der Waals surface area contributed by atoms with Crippen molar-refractivity contribution in [1.82, 2.24) is 14.3 Å². The Morgan fingerprint density at radius 1 is 0.974 bits per heavy atom. The fourth-order valence-electron chi connectivity index (χ4n) is 5.47. The van der Waals surface area contributed by atoms with Gasteiger partial charge in [0.2, 0.25) is 5.95 Å². The van der Waals surface area contributed by atoms with Gasteiger partial charge < -0.3 is 5.11 Å². The Labute approximate surface area is 228 Å². The molecule has 0 saturated carbocycles. The van der Waals surface area contributed by atoms with Crippen LogP contribution in [0.25, 0.3) is 5.69 Å². The summed E-state index contributed by atoms with van der Waals surface area (Å²) in [4.78, 5) is 24.9. The van der Waals surface area contributed by atoms with Gasteiger partial charge in [-0.1, -0.05) is 59.6 Å². The summed E-state index contributed by atoms with van der Waals surface area (Å²) in [7, 11) is 0. The average molecular weight is 548 g/mol. The van der Waals surface area contributed by atoms with Crippen molar-refractivity contribution in [2.45, 2.75) is 31.2 Å². The molecule has 1 atom stereocenters. The van der Waals surface area contributed by atoms with Crippen molar-refractivity contribution in [3.63, 3.8) is 0 Å². The van der Waals surface area contributed by atoms with Crippen LogP contribution in [0.5, 0.6) is 0 Å². The van der Waals surface area contributed by atoms with Gasteiger partial charge in [0.05, 0.1) is 29.8 Å². The number of hydrogen-bond acceptors (Lipinski definition) is 5. The molecule has 0 amide bonds. The first-order valence-electron chi connectivity index (χ1n) is 12.2. The number of aryl methyl sites for hydroxylation is 1. The number of fused-ring (bicyclic) bond motifs is 2. The maximum atomic E-state index is 13.5. The third-order valence-electron chi connectivity index (χ3n) is 7.26. The lowest BCUT2D eigenvalue weighted by Gasteiger charge is -2.27. The third kappa shape index (κ3) is 4.10. The van der Waals surface area contributed by atoms with Gasteiger partial charge in [0, 0.05) is 16.6 Å². The van der Waals surface area contributed by atoms with Crippen LogP contribution in [0.15, 0.2) is 82.7 Å². The maximum Gasteiger partial charge on any atom is 0.352 e. The van der Waals surface area contributed by atoms with Crippen LogP contribution in [0.2, 0.25) is 10.0 Å². The lowest BCUT2D eigenvalue weighted by molar-refractivity contribution is -0.137. The summed E-state index contributed by atoms with van der Waals surface area (Å²) in [6.45, 7) is 0.426. The highest BCUT2D eigenvalue weighted by Crippen LogP contribution is 2.46. The molecule has 38 heavy (non-hydrogen) atoms. The number of rotatable bonds is 6. The minimum absolute atomic E-state index is 0.0387. The molecule has 1 aliphatic heterocycles. The number of halogens is 2. The summed E-state index contributed by atoms with van der Waals surface area (Å²) in [6, 6.07) is 22.7. The van der Waals surface area contributed by atoms with E-state index in [1.165, 1.54) is 20.4 Å². The van der Waals surface area contributed by atoms with Gasteiger partial charge in [0.1, 0.15) is 0 Å². The van der Waals surface area contributed by atoms with Crippen LogP contribution in [-0.2, 0) is 23.2 Å². The van der Waals surface area contributed by atoms with E-state index >= 15 is 0 Å². The number of nitrogens with zero attached hydrogens (tertiary/aromatic N) is 5. The van der Waals surface area contributed by atoms with Crippen LogP contribution in [-0.4, -0.2) is 37.7 Å². The zero-order valence-corrected chi connectivity index (χ0v) is 21.7. The number of aliphatic carboxylic acids is 1. The Balaban J connectivity index is 1.51. The predicted octanol–water partition coefficient (Wildman–Crippen LogP) is 4.92. The lowest BCUT2D eigenvalue weighted by Crippen LogP contribution is -2.37. The van der Waals surface area contributed by atoms with E-state index in [4.69, 9.17) is 28.3 Å². The molecule has 192 valence electrons. The van der Waals surface area contributed by atoms with Gasteiger partial charge in [-0.3, -0.25) is 9.36 Å². The Morgan fingerprint density at radius 2 is 1.66 bits per heavy atom. The summed E-state index contributed by atoms with van der Waals surface area (Å²) in [5.74, 6) is -0.714. The van der Waals surface area contributed by atoms with Gasteiger partial charge in [-0.05, 0) is 65.9 Å². The molecular weight excluding hydrogens is 525 g/mol. The van der Waals surface area contributed by atoms with Crippen LogP contribution in [0.1, 0.15) is 29.5 Å². The molecule has 2 aliphatic rings. The number of aromatic nitrogens is 3. The van der Waals surface area contributed by atoms with E-state index in [9.17, 15) is 14.7 Å². The standard InChI is InChI=1S/C28H23Cl2N5O3/c29-20-7-5-19(6-8-20)25-28(15-13-18-3-1-2-4-23(18)28)17-34(31-25)26-32-35(22-11-9-21(30)10-12-22)27(38)33(26)16-14-24(36)37/h1-12H,13-17H2,(H,36,37). The highest BCUT2D eigenvalue weighted by Gasteiger charge is 2.49. The zero-order valence-electron chi connectivity index (χ0n) is 20.2.